The van der Waals surface area contributed by atoms with Gasteiger partial charge in [0.25, 0.3) is 0 Å². The van der Waals surface area contributed by atoms with Crippen LogP contribution in [0.15, 0.2) is 35.4 Å². The first kappa shape index (κ1) is 9.66. The summed E-state index contributed by atoms with van der Waals surface area (Å²) < 4.78 is 2.03. The van der Waals surface area contributed by atoms with Crippen molar-refractivity contribution in [2.75, 3.05) is 5.32 Å². The highest BCUT2D eigenvalue weighted by Gasteiger charge is 2.17. The van der Waals surface area contributed by atoms with E-state index in [1.165, 1.54) is 10.6 Å². The van der Waals surface area contributed by atoms with E-state index in [4.69, 9.17) is 0 Å². The summed E-state index contributed by atoms with van der Waals surface area (Å²) in [5.74, 6) is 1.08. The van der Waals surface area contributed by atoms with E-state index in [1.807, 2.05) is 4.68 Å². The quantitative estimate of drug-likeness (QED) is 0.814. The van der Waals surface area contributed by atoms with Gasteiger partial charge in [-0.15, -0.1) is 11.3 Å². The minimum absolute atomic E-state index is 0.324. The van der Waals surface area contributed by atoms with Crippen molar-refractivity contribution in [1.29, 1.82) is 0 Å². The molecule has 3 nitrogen and oxygen atoms in total. The van der Waals surface area contributed by atoms with Crippen molar-refractivity contribution >= 4 is 17.2 Å². The molecule has 82 valence electrons. The summed E-state index contributed by atoms with van der Waals surface area (Å²) in [4.78, 5) is 1.22. The molecule has 3 heterocycles. The number of nitrogens with one attached hydrogen (secondary N) is 1. The molecule has 0 aliphatic carbocycles. The third kappa shape index (κ3) is 1.46. The highest BCUT2D eigenvalue weighted by atomic mass is 32.1. The largest absolute Gasteiger partial charge is 0.344 e. The van der Waals surface area contributed by atoms with Crippen molar-refractivity contribution in [2.24, 2.45) is 0 Å². The van der Waals surface area contributed by atoms with Gasteiger partial charge in [-0.3, -0.25) is 0 Å². The molecule has 0 aromatic carbocycles. The van der Waals surface area contributed by atoms with E-state index in [1.54, 1.807) is 11.3 Å². The maximum Gasteiger partial charge on any atom is 0.129 e. The summed E-state index contributed by atoms with van der Waals surface area (Å²) in [6.07, 6.45) is 2.18. The number of hydrogen-bond donors (Lipinski definition) is 1. The number of anilines is 1. The van der Waals surface area contributed by atoms with Crippen LogP contribution in [0.1, 0.15) is 19.9 Å². The van der Waals surface area contributed by atoms with E-state index < -0.39 is 0 Å². The second kappa shape index (κ2) is 3.49. The molecule has 0 bridgehead atoms. The van der Waals surface area contributed by atoms with Gasteiger partial charge >= 0.3 is 0 Å². The molecule has 2 aromatic rings. The standard InChI is InChI=1S/C12H13N3S/c1-8-6-9(2)15-12(13-8)7-10(14-15)11-4-3-5-16-11/h3-7,9,13H,1-2H3. The van der Waals surface area contributed by atoms with Crippen LogP contribution in [-0.2, 0) is 0 Å². The molecule has 1 atom stereocenters. The molecule has 0 saturated carbocycles. The summed E-state index contributed by atoms with van der Waals surface area (Å²) in [6, 6.07) is 6.59. The highest BCUT2D eigenvalue weighted by Crippen LogP contribution is 2.30. The number of nitrogens with zero attached hydrogens (tertiary/aromatic N) is 2. The van der Waals surface area contributed by atoms with E-state index in [9.17, 15) is 0 Å². The average molecular weight is 231 g/mol. The SMILES string of the molecule is CC1=CC(C)n2nc(-c3cccs3)cc2N1. The zero-order valence-electron chi connectivity index (χ0n) is 9.27. The van der Waals surface area contributed by atoms with Crippen LogP contribution < -0.4 is 5.32 Å². The maximum absolute atomic E-state index is 4.63. The lowest BCUT2D eigenvalue weighted by Gasteiger charge is -2.19. The van der Waals surface area contributed by atoms with E-state index in [0.717, 1.165) is 11.5 Å². The number of rotatable bonds is 1. The lowest BCUT2D eigenvalue weighted by Crippen LogP contribution is -2.15. The molecule has 0 fully saturated rings. The molecule has 0 spiro atoms. The van der Waals surface area contributed by atoms with Crippen LogP contribution in [0.5, 0.6) is 0 Å². The van der Waals surface area contributed by atoms with Gasteiger partial charge in [0.05, 0.1) is 10.9 Å². The Hall–Kier alpha value is -1.55. The van der Waals surface area contributed by atoms with E-state index in [0.29, 0.717) is 6.04 Å². The molecule has 4 heteroatoms. The van der Waals surface area contributed by atoms with E-state index in [2.05, 4.69) is 53.9 Å². The number of thiophene rings is 1. The third-order valence-electron chi connectivity index (χ3n) is 2.71. The summed E-state index contributed by atoms with van der Waals surface area (Å²) in [5, 5.41) is 10.0. The average Bonchev–Trinajstić information content (AvgIpc) is 2.82. The third-order valence-corrected chi connectivity index (χ3v) is 3.60. The highest BCUT2D eigenvalue weighted by molar-refractivity contribution is 7.13. The van der Waals surface area contributed by atoms with Gasteiger partial charge in [-0.05, 0) is 31.4 Å². The molecule has 3 rings (SSSR count). The first-order valence-electron chi connectivity index (χ1n) is 5.33. The Labute approximate surface area is 98.4 Å². The van der Waals surface area contributed by atoms with Gasteiger partial charge in [-0.1, -0.05) is 6.07 Å². The molecule has 1 unspecified atom stereocenters. The molecule has 2 aromatic heterocycles. The van der Waals surface area contributed by atoms with E-state index >= 15 is 0 Å². The van der Waals surface area contributed by atoms with Gasteiger partial charge in [-0.25, -0.2) is 4.68 Å². The van der Waals surface area contributed by atoms with Crippen molar-refractivity contribution in [3.05, 3.63) is 35.4 Å². The van der Waals surface area contributed by atoms with Crippen LogP contribution in [0.3, 0.4) is 0 Å². The van der Waals surface area contributed by atoms with Crippen LogP contribution in [0.25, 0.3) is 10.6 Å². The Bertz CT molecular complexity index is 537. The molecule has 1 aliphatic rings. The van der Waals surface area contributed by atoms with Crippen molar-refractivity contribution in [3.8, 4) is 10.6 Å². The Morgan fingerprint density at radius 3 is 3.12 bits per heavy atom. The lowest BCUT2D eigenvalue weighted by molar-refractivity contribution is 0.576. The molecule has 16 heavy (non-hydrogen) atoms. The van der Waals surface area contributed by atoms with Crippen LogP contribution in [0, 0.1) is 0 Å². The summed E-state index contributed by atoms with van der Waals surface area (Å²) in [6.45, 7) is 4.23. The summed E-state index contributed by atoms with van der Waals surface area (Å²) >= 11 is 1.72. The fourth-order valence-corrected chi connectivity index (χ4v) is 2.70. The van der Waals surface area contributed by atoms with Crippen molar-refractivity contribution in [2.45, 2.75) is 19.9 Å². The molecule has 0 saturated heterocycles. The molecule has 1 N–H and O–H groups in total. The van der Waals surface area contributed by atoms with Gasteiger partial charge in [0, 0.05) is 11.8 Å². The number of aromatic nitrogens is 2. The number of fused-ring (bicyclic) bond motifs is 1. The van der Waals surface area contributed by atoms with Crippen LogP contribution >= 0.6 is 11.3 Å². The van der Waals surface area contributed by atoms with Gasteiger partial charge in [0.2, 0.25) is 0 Å². The fourth-order valence-electron chi connectivity index (χ4n) is 2.02. The topological polar surface area (TPSA) is 29.9 Å². The summed E-state index contributed by atoms with van der Waals surface area (Å²) in [7, 11) is 0. The zero-order chi connectivity index (χ0) is 11.1. The monoisotopic (exact) mass is 231 g/mol. The van der Waals surface area contributed by atoms with Crippen LogP contribution in [0.2, 0.25) is 0 Å². The van der Waals surface area contributed by atoms with Gasteiger partial charge in [0.15, 0.2) is 0 Å². The molecule has 0 radical (unpaired) electrons. The molecule has 1 aliphatic heterocycles. The molecular formula is C12H13N3S. The van der Waals surface area contributed by atoms with Gasteiger partial charge < -0.3 is 5.32 Å². The molecular weight excluding hydrogens is 218 g/mol. The second-order valence-corrected chi connectivity index (χ2v) is 5.00. The Kier molecular flexibility index (Phi) is 2.11. The zero-order valence-corrected chi connectivity index (χ0v) is 10.1. The number of hydrogen-bond acceptors (Lipinski definition) is 3. The first-order valence-corrected chi connectivity index (χ1v) is 6.21. The summed E-state index contributed by atoms with van der Waals surface area (Å²) in [5.41, 5.74) is 2.24. The second-order valence-electron chi connectivity index (χ2n) is 4.05. The van der Waals surface area contributed by atoms with Gasteiger partial charge in [-0.2, -0.15) is 5.10 Å². The van der Waals surface area contributed by atoms with Crippen molar-refractivity contribution in [3.63, 3.8) is 0 Å². The van der Waals surface area contributed by atoms with Gasteiger partial charge in [0.1, 0.15) is 11.5 Å². The van der Waals surface area contributed by atoms with Crippen LogP contribution in [0.4, 0.5) is 5.82 Å². The minimum atomic E-state index is 0.324. The van der Waals surface area contributed by atoms with Crippen molar-refractivity contribution < 1.29 is 0 Å². The predicted octanol–water partition coefficient (Wildman–Crippen LogP) is 3.50. The first-order chi connectivity index (χ1) is 7.74. The Morgan fingerprint density at radius 2 is 2.38 bits per heavy atom. The maximum atomic E-state index is 4.63. The Morgan fingerprint density at radius 1 is 1.50 bits per heavy atom. The van der Waals surface area contributed by atoms with Crippen LogP contribution in [-0.4, -0.2) is 9.78 Å². The van der Waals surface area contributed by atoms with Crippen molar-refractivity contribution in [1.82, 2.24) is 9.78 Å². The fraction of sp³-hybridized carbons (Fsp3) is 0.250. The molecule has 0 amide bonds. The Balaban J connectivity index is 2.06. The van der Waals surface area contributed by atoms with E-state index in [-0.39, 0.29) is 0 Å². The predicted molar refractivity (Wildman–Crippen MR) is 67.6 cm³/mol. The number of allylic oxidation sites excluding steroid dienone is 2. The minimum Gasteiger partial charge on any atom is -0.344 e. The normalized spacial score (nSPS) is 18.9. The smallest absolute Gasteiger partial charge is 0.129 e. The lowest BCUT2D eigenvalue weighted by atomic mass is 10.2.